The van der Waals surface area contributed by atoms with Gasteiger partial charge in [0.05, 0.1) is 11.9 Å². The van der Waals surface area contributed by atoms with Crippen molar-refractivity contribution in [3.05, 3.63) is 88.0 Å². The maximum atomic E-state index is 14.2. The van der Waals surface area contributed by atoms with Crippen molar-refractivity contribution in [3.8, 4) is 28.5 Å². The van der Waals surface area contributed by atoms with Crippen LogP contribution in [0.3, 0.4) is 0 Å². The molecule has 1 aliphatic rings. The van der Waals surface area contributed by atoms with Crippen molar-refractivity contribution in [2.24, 2.45) is 10.1 Å². The fourth-order valence-corrected chi connectivity index (χ4v) is 4.14. The van der Waals surface area contributed by atoms with Gasteiger partial charge in [-0.1, -0.05) is 0 Å². The fraction of sp³-hybridized carbons (Fsp3) is 0.0833. The number of aromatic nitrogens is 1. The number of rotatable bonds is 6. The van der Waals surface area contributed by atoms with Crippen LogP contribution in [0.1, 0.15) is 5.56 Å². The van der Waals surface area contributed by atoms with Crippen LogP contribution in [0.5, 0.6) is 17.2 Å². The van der Waals surface area contributed by atoms with Crippen molar-refractivity contribution < 1.29 is 31.8 Å². The normalized spacial score (nSPS) is 13.2. The molecule has 0 saturated carbocycles. The number of hydrogen-bond donors (Lipinski definition) is 0. The highest BCUT2D eigenvalue weighted by Gasteiger charge is 2.14. The minimum atomic E-state index is -2.94. The lowest BCUT2D eigenvalue weighted by Gasteiger charge is -2.07. The van der Waals surface area contributed by atoms with Gasteiger partial charge < -0.3 is 14.2 Å². The molecule has 0 unspecified atom stereocenters. The molecule has 0 spiro atoms. The van der Waals surface area contributed by atoms with Crippen LogP contribution in [-0.4, -0.2) is 24.3 Å². The minimum absolute atomic E-state index is 0.00712. The molecule has 0 amide bonds. The highest BCUT2D eigenvalue weighted by molar-refractivity contribution is 7.07. The molecule has 11 heteroatoms. The number of hydrogen-bond acceptors (Lipinski definition) is 6. The number of thiazole rings is 1. The Kier molecular flexibility index (Phi) is 6.23. The van der Waals surface area contributed by atoms with E-state index in [0.29, 0.717) is 33.1 Å². The van der Waals surface area contributed by atoms with E-state index < -0.39 is 18.2 Å². The van der Waals surface area contributed by atoms with Gasteiger partial charge >= 0.3 is 6.61 Å². The van der Waals surface area contributed by atoms with Crippen LogP contribution < -0.4 is 19.0 Å². The number of alkyl halides is 2. The number of fused-ring (bicyclic) bond motifs is 1. The number of nitrogens with zero attached hydrogens (tertiary/aromatic N) is 3. The third-order valence-corrected chi connectivity index (χ3v) is 5.72. The Morgan fingerprint density at radius 1 is 0.971 bits per heavy atom. The first-order valence-corrected chi connectivity index (χ1v) is 11.0. The van der Waals surface area contributed by atoms with E-state index in [1.165, 1.54) is 34.2 Å². The zero-order valence-corrected chi connectivity index (χ0v) is 18.5. The van der Waals surface area contributed by atoms with Crippen LogP contribution in [0.25, 0.3) is 11.3 Å². The van der Waals surface area contributed by atoms with Crippen LogP contribution in [-0.2, 0) is 0 Å². The number of benzene rings is 3. The molecule has 3 aromatic carbocycles. The first kappa shape index (κ1) is 22.7. The van der Waals surface area contributed by atoms with Gasteiger partial charge in [-0.3, -0.25) is 0 Å². The topological polar surface area (TPSA) is 57.3 Å². The Labute approximate surface area is 200 Å². The van der Waals surface area contributed by atoms with Crippen LogP contribution >= 0.6 is 11.3 Å². The van der Waals surface area contributed by atoms with Gasteiger partial charge in [0.1, 0.15) is 17.3 Å². The second kappa shape index (κ2) is 9.63. The van der Waals surface area contributed by atoms with E-state index in [1.807, 2.05) is 0 Å². The van der Waals surface area contributed by atoms with Crippen LogP contribution in [0.4, 0.5) is 23.2 Å². The van der Waals surface area contributed by atoms with Crippen molar-refractivity contribution in [1.82, 2.24) is 4.68 Å². The molecule has 0 bridgehead atoms. The quantitative estimate of drug-likeness (QED) is 0.243. The van der Waals surface area contributed by atoms with Gasteiger partial charge in [0.2, 0.25) is 11.6 Å². The summed E-state index contributed by atoms with van der Waals surface area (Å²) in [5, 5.41) is 6.25. The average Bonchev–Trinajstić information content (AvgIpc) is 3.46. The fourth-order valence-electron chi connectivity index (χ4n) is 3.29. The lowest BCUT2D eigenvalue weighted by Crippen LogP contribution is -2.11. The van der Waals surface area contributed by atoms with Crippen molar-refractivity contribution >= 4 is 23.2 Å². The van der Waals surface area contributed by atoms with Gasteiger partial charge in [-0.2, -0.15) is 13.9 Å². The van der Waals surface area contributed by atoms with E-state index in [9.17, 15) is 17.6 Å². The van der Waals surface area contributed by atoms with E-state index in [4.69, 9.17) is 9.47 Å². The molecule has 1 aromatic heterocycles. The maximum absolute atomic E-state index is 14.2. The van der Waals surface area contributed by atoms with E-state index in [-0.39, 0.29) is 18.2 Å². The molecular formula is C24H15F4N3O3S. The average molecular weight is 501 g/mol. The number of halogens is 4. The molecule has 178 valence electrons. The van der Waals surface area contributed by atoms with Gasteiger partial charge in [-0.25, -0.2) is 18.4 Å². The van der Waals surface area contributed by atoms with Gasteiger partial charge in [0.25, 0.3) is 0 Å². The molecule has 4 aromatic rings. The monoisotopic (exact) mass is 501 g/mol. The molecule has 0 aliphatic carbocycles. The number of ether oxygens (including phenoxy) is 3. The highest BCUT2D eigenvalue weighted by Crippen LogP contribution is 2.32. The molecule has 35 heavy (non-hydrogen) atoms. The summed E-state index contributed by atoms with van der Waals surface area (Å²) in [6.45, 7) is -2.80. The van der Waals surface area contributed by atoms with Gasteiger partial charge in [0, 0.05) is 17.0 Å². The third-order valence-electron chi connectivity index (χ3n) is 4.91. The first-order chi connectivity index (χ1) is 17.0. The van der Waals surface area contributed by atoms with Crippen molar-refractivity contribution in [3.63, 3.8) is 0 Å². The van der Waals surface area contributed by atoms with Crippen molar-refractivity contribution in [2.45, 2.75) is 6.61 Å². The molecule has 1 aliphatic heterocycles. The van der Waals surface area contributed by atoms with Crippen LogP contribution in [0.2, 0.25) is 0 Å². The largest absolute Gasteiger partial charge is 0.454 e. The summed E-state index contributed by atoms with van der Waals surface area (Å²) < 4.78 is 69.1. The first-order valence-electron chi connectivity index (χ1n) is 10.2. The van der Waals surface area contributed by atoms with E-state index in [0.717, 1.165) is 12.1 Å². The van der Waals surface area contributed by atoms with E-state index in [2.05, 4.69) is 14.8 Å². The summed E-state index contributed by atoms with van der Waals surface area (Å²) in [6.07, 6.45) is 1.56. The molecule has 5 rings (SSSR count). The van der Waals surface area contributed by atoms with Crippen LogP contribution in [0.15, 0.2) is 76.1 Å². The summed E-state index contributed by atoms with van der Waals surface area (Å²) >= 11 is 1.18. The minimum Gasteiger partial charge on any atom is -0.454 e. The smallest absolute Gasteiger partial charge is 0.387 e. The van der Waals surface area contributed by atoms with Crippen molar-refractivity contribution in [1.29, 1.82) is 0 Å². The summed E-state index contributed by atoms with van der Waals surface area (Å²) in [7, 11) is 0. The van der Waals surface area contributed by atoms with Gasteiger partial charge in [-0.15, -0.1) is 11.3 Å². The lowest BCUT2D eigenvalue weighted by atomic mass is 10.2. The van der Waals surface area contributed by atoms with Crippen LogP contribution in [0, 0.1) is 11.6 Å². The molecule has 0 radical (unpaired) electrons. The molecule has 6 nitrogen and oxygen atoms in total. The zero-order chi connectivity index (χ0) is 24.4. The Balaban J connectivity index is 1.57. The molecular weight excluding hydrogens is 486 g/mol. The van der Waals surface area contributed by atoms with Gasteiger partial charge in [-0.05, 0) is 60.2 Å². The molecule has 2 heterocycles. The Bertz CT molecular complexity index is 1470. The predicted octanol–water partition coefficient (Wildman–Crippen LogP) is 5.94. The standard InChI is InChI=1S/C24H15F4N3O3S/c25-16-4-7-19(18(26)10-16)30-24-31(29-11-14-1-8-21-22(9-14)33-13-32-21)20(12-35-24)15-2-5-17(6-3-15)34-23(27)28/h1-12,23H,13H2. The highest BCUT2D eigenvalue weighted by atomic mass is 32.1. The summed E-state index contributed by atoms with van der Waals surface area (Å²) in [5.74, 6) is -0.322. The van der Waals surface area contributed by atoms with E-state index in [1.54, 1.807) is 41.9 Å². The SMILES string of the molecule is Fc1ccc(N=c2scc(-c3ccc(OC(F)F)cc3)n2N=Cc2ccc3c(c2)OCO3)c(F)c1. The summed E-state index contributed by atoms with van der Waals surface area (Å²) in [6, 6.07) is 14.4. The third kappa shape index (κ3) is 5.04. The summed E-state index contributed by atoms with van der Waals surface area (Å²) in [5.41, 5.74) is 1.84. The van der Waals surface area contributed by atoms with E-state index >= 15 is 0 Å². The lowest BCUT2D eigenvalue weighted by molar-refractivity contribution is -0.0498. The molecule has 0 atom stereocenters. The van der Waals surface area contributed by atoms with Gasteiger partial charge in [0.15, 0.2) is 17.3 Å². The maximum Gasteiger partial charge on any atom is 0.387 e. The Morgan fingerprint density at radius 2 is 1.77 bits per heavy atom. The molecule has 0 saturated heterocycles. The zero-order valence-electron chi connectivity index (χ0n) is 17.7. The second-order valence-electron chi connectivity index (χ2n) is 7.18. The second-order valence-corrected chi connectivity index (χ2v) is 8.02. The predicted molar refractivity (Wildman–Crippen MR) is 122 cm³/mol. The van der Waals surface area contributed by atoms with Crippen molar-refractivity contribution in [2.75, 3.05) is 6.79 Å². The molecule has 0 N–H and O–H groups in total. The Hall–Kier alpha value is -4.12. The Morgan fingerprint density at radius 3 is 2.54 bits per heavy atom. The summed E-state index contributed by atoms with van der Waals surface area (Å²) in [4.78, 5) is 4.61. The molecule has 0 fully saturated rings.